The van der Waals surface area contributed by atoms with Crippen LogP contribution in [-0.2, 0) is 26.5 Å². The first kappa shape index (κ1) is 31.7. The van der Waals surface area contributed by atoms with Gasteiger partial charge < -0.3 is 20.2 Å². The number of aliphatic hydroxyl groups is 2. The van der Waals surface area contributed by atoms with Crippen molar-refractivity contribution in [2.24, 2.45) is 5.92 Å². The molecule has 5 aromatic rings. The standard InChI is InChI=1S/C12H18O2.2C11H8N.Ir/c1-9(13)12(10(2)14)8-11-6-4-3-5-7-11;2*1-2-6-10(7-3-1)11-8-4-5-9-12-11;/h3-7,9-10,12-14H,8H2,1-2H3;2*1-6,8-9H;/q;2*-1;. The second-order valence-electron chi connectivity index (χ2n) is 8.82. The summed E-state index contributed by atoms with van der Waals surface area (Å²) in [6, 6.07) is 43.6. The molecule has 2 aromatic heterocycles. The van der Waals surface area contributed by atoms with E-state index in [0.29, 0.717) is 0 Å². The van der Waals surface area contributed by atoms with Gasteiger partial charge >= 0.3 is 0 Å². The summed E-state index contributed by atoms with van der Waals surface area (Å²) in [5.41, 5.74) is 5.17. The summed E-state index contributed by atoms with van der Waals surface area (Å²) >= 11 is 0. The number of nitrogens with zero attached hydrogens (tertiary/aromatic N) is 2. The molecule has 2 atom stereocenters. The Balaban J connectivity index is 0.000000203. The van der Waals surface area contributed by atoms with Gasteiger partial charge in [0.2, 0.25) is 0 Å². The first-order valence-electron chi connectivity index (χ1n) is 12.7. The maximum Gasteiger partial charge on any atom is 0.0568 e. The smallest absolute Gasteiger partial charge is 0.0568 e. The number of aromatic nitrogens is 2. The van der Waals surface area contributed by atoms with Crippen LogP contribution in [0.1, 0.15) is 19.4 Å². The van der Waals surface area contributed by atoms with Crippen LogP contribution >= 0.6 is 0 Å². The van der Waals surface area contributed by atoms with Crippen LogP contribution in [0, 0.1) is 18.1 Å². The summed E-state index contributed by atoms with van der Waals surface area (Å²) < 4.78 is 0. The number of rotatable bonds is 6. The molecule has 0 fully saturated rings. The molecule has 0 spiro atoms. The summed E-state index contributed by atoms with van der Waals surface area (Å²) in [6.07, 6.45) is 3.34. The third-order valence-corrected chi connectivity index (χ3v) is 5.85. The van der Waals surface area contributed by atoms with Gasteiger partial charge in [0.05, 0.1) is 12.2 Å². The Morgan fingerprint density at radius 2 is 1.03 bits per heavy atom. The summed E-state index contributed by atoms with van der Waals surface area (Å²) in [5.74, 6) is -0.0857. The fourth-order valence-corrected chi connectivity index (χ4v) is 3.78. The van der Waals surface area contributed by atoms with Crippen LogP contribution < -0.4 is 0 Å². The molecule has 0 saturated carbocycles. The van der Waals surface area contributed by atoms with Crippen molar-refractivity contribution in [1.29, 1.82) is 0 Å². The van der Waals surface area contributed by atoms with Crippen LogP contribution in [0.4, 0.5) is 0 Å². The fourth-order valence-electron chi connectivity index (χ4n) is 3.78. The molecule has 4 nitrogen and oxygen atoms in total. The molecule has 0 amide bonds. The molecular weight excluding hydrogens is 661 g/mol. The van der Waals surface area contributed by atoms with E-state index in [9.17, 15) is 10.2 Å². The average Bonchev–Trinajstić information content (AvgIpc) is 2.99. The molecule has 5 rings (SSSR count). The van der Waals surface area contributed by atoms with Gasteiger partial charge in [-0.2, -0.15) is 0 Å². The van der Waals surface area contributed by atoms with Gasteiger partial charge in [0, 0.05) is 38.4 Å². The largest absolute Gasteiger partial charge is 0.393 e. The van der Waals surface area contributed by atoms with E-state index in [1.54, 1.807) is 26.2 Å². The van der Waals surface area contributed by atoms with Crippen LogP contribution in [-0.4, -0.2) is 32.4 Å². The number of hydrogen-bond acceptors (Lipinski definition) is 4. The van der Waals surface area contributed by atoms with Crippen LogP contribution in [0.25, 0.3) is 22.5 Å². The number of aliphatic hydroxyl groups excluding tert-OH is 2. The van der Waals surface area contributed by atoms with Gasteiger partial charge in [-0.1, -0.05) is 54.6 Å². The Morgan fingerprint density at radius 1 is 0.590 bits per heavy atom. The Hall–Kier alpha value is -3.47. The van der Waals surface area contributed by atoms with Crippen molar-refractivity contribution >= 4 is 0 Å². The van der Waals surface area contributed by atoms with Crippen molar-refractivity contribution in [3.8, 4) is 22.5 Å². The zero-order valence-electron chi connectivity index (χ0n) is 22.2. The first-order chi connectivity index (χ1) is 18.5. The minimum absolute atomic E-state index is 0. The van der Waals surface area contributed by atoms with E-state index >= 15 is 0 Å². The minimum atomic E-state index is -0.477. The second kappa shape index (κ2) is 17.9. The molecule has 2 unspecified atom stereocenters. The quantitative estimate of drug-likeness (QED) is 0.194. The third kappa shape index (κ3) is 11.4. The molecule has 2 heterocycles. The van der Waals surface area contributed by atoms with Gasteiger partial charge in [0.25, 0.3) is 0 Å². The van der Waals surface area contributed by atoms with Gasteiger partial charge in [-0.25, -0.2) is 0 Å². The Kier molecular flexibility index (Phi) is 14.6. The Morgan fingerprint density at radius 3 is 1.38 bits per heavy atom. The van der Waals surface area contributed by atoms with Gasteiger partial charge in [-0.05, 0) is 49.4 Å². The Bertz CT molecular complexity index is 1110. The molecule has 203 valence electrons. The van der Waals surface area contributed by atoms with Crippen LogP contribution in [0.2, 0.25) is 0 Å². The predicted molar refractivity (Wildman–Crippen MR) is 154 cm³/mol. The van der Waals surface area contributed by atoms with Gasteiger partial charge in [-0.15, -0.1) is 71.8 Å². The first-order valence-corrected chi connectivity index (χ1v) is 12.7. The Labute approximate surface area is 245 Å². The van der Waals surface area contributed by atoms with Crippen molar-refractivity contribution in [2.75, 3.05) is 0 Å². The van der Waals surface area contributed by atoms with Gasteiger partial charge in [0.1, 0.15) is 0 Å². The predicted octanol–water partition coefficient (Wildman–Crippen LogP) is 6.70. The molecule has 3 aromatic carbocycles. The monoisotopic (exact) mass is 695 g/mol. The summed E-state index contributed by atoms with van der Waals surface area (Å²) in [4.78, 5) is 8.44. The maximum absolute atomic E-state index is 9.48. The minimum Gasteiger partial charge on any atom is -0.393 e. The average molecular weight is 695 g/mol. The number of benzene rings is 3. The van der Waals surface area contributed by atoms with Crippen molar-refractivity contribution < 1.29 is 30.3 Å². The number of hydrogen-bond donors (Lipinski definition) is 2. The summed E-state index contributed by atoms with van der Waals surface area (Å²) in [7, 11) is 0. The molecule has 5 heteroatoms. The van der Waals surface area contributed by atoms with E-state index in [4.69, 9.17) is 0 Å². The van der Waals surface area contributed by atoms with Crippen molar-refractivity contribution in [3.63, 3.8) is 0 Å². The molecule has 2 N–H and O–H groups in total. The van der Waals surface area contributed by atoms with E-state index in [2.05, 4.69) is 22.1 Å². The van der Waals surface area contributed by atoms with Gasteiger partial charge in [0.15, 0.2) is 0 Å². The molecule has 0 aliphatic rings. The van der Waals surface area contributed by atoms with Crippen molar-refractivity contribution in [3.05, 3.63) is 145 Å². The van der Waals surface area contributed by atoms with E-state index < -0.39 is 12.2 Å². The topological polar surface area (TPSA) is 66.2 Å². The summed E-state index contributed by atoms with van der Waals surface area (Å²) in [5, 5.41) is 19.0. The molecular formula is C34H34IrN2O2-2. The molecule has 0 saturated heterocycles. The molecule has 0 aliphatic heterocycles. The molecule has 0 bridgehead atoms. The van der Waals surface area contributed by atoms with Crippen LogP contribution in [0.3, 0.4) is 0 Å². The zero-order chi connectivity index (χ0) is 27.0. The SMILES string of the molecule is CC(O)C(Cc1ccccc1)C(C)O.[Ir].[c-]1ccccc1-c1ccccn1.[c-]1ccccc1-c1ccccn1. The molecule has 1 radical (unpaired) electrons. The summed E-state index contributed by atoms with van der Waals surface area (Å²) in [6.45, 7) is 3.45. The van der Waals surface area contributed by atoms with E-state index in [-0.39, 0.29) is 26.0 Å². The zero-order valence-corrected chi connectivity index (χ0v) is 24.6. The van der Waals surface area contributed by atoms with Gasteiger partial charge in [-0.3, -0.25) is 0 Å². The van der Waals surface area contributed by atoms with Crippen LogP contribution in [0.15, 0.2) is 128 Å². The maximum atomic E-state index is 9.48. The molecule has 0 aliphatic carbocycles. The van der Waals surface area contributed by atoms with Crippen LogP contribution in [0.5, 0.6) is 0 Å². The fraction of sp³-hybridized carbons (Fsp3) is 0.176. The van der Waals surface area contributed by atoms with E-state index in [0.717, 1.165) is 34.5 Å². The molecule has 39 heavy (non-hydrogen) atoms. The van der Waals surface area contributed by atoms with E-state index in [1.165, 1.54) is 0 Å². The second-order valence-corrected chi connectivity index (χ2v) is 8.82. The third-order valence-electron chi connectivity index (χ3n) is 5.85. The number of pyridine rings is 2. The van der Waals surface area contributed by atoms with Crippen molar-refractivity contribution in [1.82, 2.24) is 9.97 Å². The normalized spacial score (nSPS) is 12.2. The van der Waals surface area contributed by atoms with Crippen molar-refractivity contribution in [2.45, 2.75) is 32.5 Å². The van der Waals surface area contributed by atoms with E-state index in [1.807, 2.05) is 115 Å².